The van der Waals surface area contributed by atoms with Crippen molar-refractivity contribution in [2.24, 2.45) is 0 Å². The molecule has 0 amide bonds. The average Bonchev–Trinajstić information content (AvgIpc) is 3.74. The number of fused-ring (bicyclic) bond motifs is 10. The monoisotopic (exact) mass is 619 g/mol. The summed E-state index contributed by atoms with van der Waals surface area (Å²) in [5.41, 5.74) is 11.1. The molecule has 1 aliphatic carbocycles. The first kappa shape index (κ1) is 26.6. The van der Waals surface area contributed by atoms with Crippen molar-refractivity contribution in [2.45, 2.75) is 19.3 Å². The molecule has 10 rings (SSSR count). The predicted molar refractivity (Wildman–Crippen MR) is 198 cm³/mol. The van der Waals surface area contributed by atoms with E-state index in [1.54, 1.807) is 0 Å². The Bertz CT molecular complexity index is 2710. The van der Waals surface area contributed by atoms with Gasteiger partial charge < -0.3 is 4.57 Å². The maximum atomic E-state index is 5.36. The summed E-state index contributed by atoms with van der Waals surface area (Å²) in [7, 11) is 0. The van der Waals surface area contributed by atoms with Crippen molar-refractivity contribution in [3.05, 3.63) is 151 Å². The molecule has 222 valence electrons. The summed E-state index contributed by atoms with van der Waals surface area (Å²) in [6, 6.07) is 50.2. The normalized spacial score (nSPS) is 13.5. The molecule has 0 fully saturated rings. The molecule has 0 atom stereocenters. The largest absolute Gasteiger partial charge is 0.309 e. The van der Waals surface area contributed by atoms with E-state index in [1.165, 1.54) is 58.7 Å². The van der Waals surface area contributed by atoms with Crippen LogP contribution in [-0.2, 0) is 5.41 Å². The van der Waals surface area contributed by atoms with Gasteiger partial charge in [0.2, 0.25) is 0 Å². The van der Waals surface area contributed by atoms with E-state index in [9.17, 15) is 0 Å². The third-order valence-electron chi connectivity index (χ3n) is 9.98. The summed E-state index contributed by atoms with van der Waals surface area (Å²) in [6.07, 6.45) is 0. The molecule has 3 aromatic heterocycles. The Morgan fingerprint density at radius 1 is 0.553 bits per heavy atom. The van der Waals surface area contributed by atoms with E-state index in [0.717, 1.165) is 34.0 Å². The molecule has 6 aromatic carbocycles. The van der Waals surface area contributed by atoms with Crippen molar-refractivity contribution < 1.29 is 0 Å². The van der Waals surface area contributed by atoms with Gasteiger partial charge in [-0.15, -0.1) is 11.3 Å². The maximum absolute atomic E-state index is 5.36. The molecule has 0 aliphatic heterocycles. The van der Waals surface area contributed by atoms with Crippen LogP contribution in [0.5, 0.6) is 0 Å². The van der Waals surface area contributed by atoms with Gasteiger partial charge in [0.15, 0.2) is 5.82 Å². The van der Waals surface area contributed by atoms with Crippen LogP contribution in [0.25, 0.3) is 81.6 Å². The second-order valence-electron chi connectivity index (χ2n) is 13.0. The van der Waals surface area contributed by atoms with Crippen LogP contribution in [0.15, 0.2) is 140 Å². The second kappa shape index (κ2) is 9.71. The Morgan fingerprint density at radius 2 is 1.28 bits per heavy atom. The molecule has 0 radical (unpaired) electrons. The number of hydrogen-bond donors (Lipinski definition) is 0. The number of rotatable bonds is 3. The standard InChI is InChI=1S/C43H29N3S/c1-43(2)32-20-9-6-17-29(32)41-39(43)40(44-42(45-41)26-13-4-3-5-14-26)27-15-12-16-28(25-27)46-33-21-10-7-18-30(33)37-34(46)23-24-36-38(37)31-19-8-11-22-35(31)47-36/h3-25H,1-2H3. The minimum Gasteiger partial charge on any atom is -0.309 e. The smallest absolute Gasteiger partial charge is 0.160 e. The maximum Gasteiger partial charge on any atom is 0.160 e. The van der Waals surface area contributed by atoms with Crippen molar-refractivity contribution in [1.29, 1.82) is 0 Å². The molecule has 0 saturated carbocycles. The zero-order chi connectivity index (χ0) is 31.3. The van der Waals surface area contributed by atoms with Gasteiger partial charge in [-0.1, -0.05) is 117 Å². The SMILES string of the molecule is CC1(C)c2ccccc2-c2nc(-c3ccccc3)nc(-c3cccc(-n4c5ccccc5c5c6c(ccc54)sc4ccccc46)c3)c21. The first-order valence-electron chi connectivity index (χ1n) is 16.1. The zero-order valence-corrected chi connectivity index (χ0v) is 26.8. The molecule has 0 spiro atoms. The lowest BCUT2D eigenvalue weighted by Gasteiger charge is -2.24. The molecule has 0 saturated heterocycles. The van der Waals surface area contributed by atoms with Gasteiger partial charge in [-0.3, -0.25) is 0 Å². The number of para-hydroxylation sites is 1. The van der Waals surface area contributed by atoms with Crippen LogP contribution in [0.3, 0.4) is 0 Å². The number of benzene rings is 6. The highest BCUT2D eigenvalue weighted by Crippen LogP contribution is 2.51. The first-order chi connectivity index (χ1) is 23.1. The molecule has 0 bridgehead atoms. The molecule has 4 heteroatoms. The fourth-order valence-electron chi connectivity index (χ4n) is 7.89. The molecule has 47 heavy (non-hydrogen) atoms. The number of hydrogen-bond acceptors (Lipinski definition) is 3. The number of nitrogens with zero attached hydrogens (tertiary/aromatic N) is 3. The van der Waals surface area contributed by atoms with Gasteiger partial charge in [-0.2, -0.15) is 0 Å². The third-order valence-corrected chi connectivity index (χ3v) is 11.1. The molecule has 0 unspecified atom stereocenters. The van der Waals surface area contributed by atoms with Gasteiger partial charge in [0.25, 0.3) is 0 Å². The summed E-state index contributed by atoms with van der Waals surface area (Å²) in [6.45, 7) is 4.61. The van der Waals surface area contributed by atoms with Crippen molar-refractivity contribution in [3.8, 4) is 39.6 Å². The Balaban J connectivity index is 1.26. The van der Waals surface area contributed by atoms with Crippen LogP contribution >= 0.6 is 11.3 Å². The quantitative estimate of drug-likeness (QED) is 0.197. The lowest BCUT2D eigenvalue weighted by atomic mass is 9.81. The van der Waals surface area contributed by atoms with Crippen molar-refractivity contribution in [2.75, 3.05) is 0 Å². The topological polar surface area (TPSA) is 30.7 Å². The summed E-state index contributed by atoms with van der Waals surface area (Å²) in [5, 5.41) is 5.25. The Morgan fingerprint density at radius 3 is 2.17 bits per heavy atom. The average molecular weight is 620 g/mol. The fourth-order valence-corrected chi connectivity index (χ4v) is 9.00. The highest BCUT2D eigenvalue weighted by atomic mass is 32.1. The first-order valence-corrected chi connectivity index (χ1v) is 16.9. The second-order valence-corrected chi connectivity index (χ2v) is 14.1. The van der Waals surface area contributed by atoms with E-state index >= 15 is 0 Å². The van der Waals surface area contributed by atoms with Crippen LogP contribution in [-0.4, -0.2) is 14.5 Å². The molecule has 3 nitrogen and oxygen atoms in total. The molecular weight excluding hydrogens is 591 g/mol. The Labute approximate surface area is 276 Å². The lowest BCUT2D eigenvalue weighted by molar-refractivity contribution is 0.658. The number of thiophene rings is 1. The summed E-state index contributed by atoms with van der Waals surface area (Å²) < 4.78 is 5.07. The minimum atomic E-state index is -0.245. The highest BCUT2D eigenvalue weighted by Gasteiger charge is 2.40. The van der Waals surface area contributed by atoms with Gasteiger partial charge in [0.05, 0.1) is 22.4 Å². The van der Waals surface area contributed by atoms with Gasteiger partial charge in [0.1, 0.15) is 0 Å². The van der Waals surface area contributed by atoms with E-state index in [0.29, 0.717) is 0 Å². The van der Waals surface area contributed by atoms with Gasteiger partial charge in [0, 0.05) is 64.3 Å². The van der Waals surface area contributed by atoms with E-state index in [1.807, 2.05) is 17.4 Å². The van der Waals surface area contributed by atoms with Gasteiger partial charge >= 0.3 is 0 Å². The lowest BCUT2D eigenvalue weighted by Crippen LogP contribution is -2.17. The molecule has 3 heterocycles. The van der Waals surface area contributed by atoms with Gasteiger partial charge in [-0.25, -0.2) is 9.97 Å². The summed E-state index contributed by atoms with van der Waals surface area (Å²) in [5.74, 6) is 0.751. The molecule has 1 aliphatic rings. The minimum absolute atomic E-state index is 0.245. The van der Waals surface area contributed by atoms with E-state index in [4.69, 9.17) is 9.97 Å². The van der Waals surface area contributed by atoms with Crippen LogP contribution in [0.2, 0.25) is 0 Å². The van der Waals surface area contributed by atoms with Gasteiger partial charge in [-0.05, 0) is 42.0 Å². The molecular formula is C43H29N3S. The zero-order valence-electron chi connectivity index (χ0n) is 26.0. The van der Waals surface area contributed by atoms with Crippen molar-refractivity contribution in [3.63, 3.8) is 0 Å². The summed E-state index contributed by atoms with van der Waals surface area (Å²) in [4.78, 5) is 10.6. The Kier molecular flexibility index (Phi) is 5.50. The van der Waals surface area contributed by atoms with Crippen molar-refractivity contribution in [1.82, 2.24) is 14.5 Å². The third kappa shape index (κ3) is 3.73. The van der Waals surface area contributed by atoms with Crippen LogP contribution in [0.1, 0.15) is 25.0 Å². The van der Waals surface area contributed by atoms with Crippen LogP contribution < -0.4 is 0 Å². The summed E-state index contributed by atoms with van der Waals surface area (Å²) >= 11 is 1.87. The fraction of sp³-hybridized carbons (Fsp3) is 0.0698. The Hall–Kier alpha value is -5.58. The molecule has 9 aromatic rings. The van der Waals surface area contributed by atoms with E-state index < -0.39 is 0 Å². The number of aromatic nitrogens is 3. The molecule has 0 N–H and O–H groups in total. The van der Waals surface area contributed by atoms with Crippen LogP contribution in [0, 0.1) is 0 Å². The predicted octanol–water partition coefficient (Wildman–Crippen LogP) is 11.6. The van der Waals surface area contributed by atoms with E-state index in [-0.39, 0.29) is 5.41 Å². The van der Waals surface area contributed by atoms with Crippen LogP contribution in [0.4, 0.5) is 0 Å². The van der Waals surface area contributed by atoms with E-state index in [2.05, 4.69) is 152 Å². The van der Waals surface area contributed by atoms with Crippen molar-refractivity contribution >= 4 is 53.3 Å². The highest BCUT2D eigenvalue weighted by molar-refractivity contribution is 7.26.